The van der Waals surface area contributed by atoms with Crippen molar-refractivity contribution in [3.05, 3.63) is 74.0 Å². The van der Waals surface area contributed by atoms with Gasteiger partial charge >= 0.3 is 0 Å². The Labute approximate surface area is 130 Å². The van der Waals surface area contributed by atoms with Crippen LogP contribution in [0.3, 0.4) is 0 Å². The van der Waals surface area contributed by atoms with Gasteiger partial charge in [0, 0.05) is 28.7 Å². The minimum atomic E-state index is -0.419. The third-order valence-electron chi connectivity index (χ3n) is 3.06. The van der Waals surface area contributed by atoms with Gasteiger partial charge in [0.15, 0.2) is 0 Å². The van der Waals surface area contributed by atoms with Gasteiger partial charge in [-0.05, 0) is 36.7 Å². The van der Waals surface area contributed by atoms with Crippen molar-refractivity contribution in [2.24, 2.45) is 0 Å². The van der Waals surface area contributed by atoms with E-state index in [2.05, 4.69) is 21.2 Å². The molecular formula is C15H14BrFN2O2. The van der Waals surface area contributed by atoms with Crippen LogP contribution in [0.25, 0.3) is 0 Å². The second kappa shape index (κ2) is 7.28. The van der Waals surface area contributed by atoms with Gasteiger partial charge in [0.1, 0.15) is 5.82 Å². The molecule has 0 amide bonds. The fraction of sp³-hybridized carbons (Fsp3) is 0.200. The Bertz CT molecular complexity index is 632. The molecule has 0 atom stereocenters. The van der Waals surface area contributed by atoms with Gasteiger partial charge in [-0.2, -0.15) is 0 Å². The average molecular weight is 353 g/mol. The molecule has 110 valence electrons. The molecule has 0 fully saturated rings. The van der Waals surface area contributed by atoms with Crippen molar-refractivity contribution in [3.8, 4) is 0 Å². The van der Waals surface area contributed by atoms with Crippen LogP contribution in [0, 0.1) is 15.9 Å². The topological polar surface area (TPSA) is 55.2 Å². The molecule has 0 saturated heterocycles. The number of benzene rings is 2. The van der Waals surface area contributed by atoms with E-state index in [0.29, 0.717) is 18.7 Å². The summed E-state index contributed by atoms with van der Waals surface area (Å²) in [4.78, 5) is 10.1. The van der Waals surface area contributed by atoms with Crippen LogP contribution in [-0.2, 0) is 13.0 Å². The van der Waals surface area contributed by atoms with Gasteiger partial charge in [0.2, 0.25) is 0 Å². The Morgan fingerprint density at radius 2 is 1.90 bits per heavy atom. The highest BCUT2D eigenvalue weighted by Crippen LogP contribution is 2.15. The molecule has 0 bridgehead atoms. The first-order valence-corrected chi connectivity index (χ1v) is 7.23. The Kier molecular flexibility index (Phi) is 5.41. The maximum Gasteiger partial charge on any atom is 0.269 e. The van der Waals surface area contributed by atoms with Crippen LogP contribution in [0.2, 0.25) is 0 Å². The van der Waals surface area contributed by atoms with Crippen LogP contribution < -0.4 is 5.32 Å². The quantitative estimate of drug-likeness (QED) is 0.488. The van der Waals surface area contributed by atoms with Crippen molar-refractivity contribution in [2.75, 3.05) is 6.54 Å². The predicted molar refractivity (Wildman–Crippen MR) is 82.6 cm³/mol. The monoisotopic (exact) mass is 352 g/mol. The van der Waals surface area contributed by atoms with E-state index in [1.807, 2.05) is 0 Å². The summed E-state index contributed by atoms with van der Waals surface area (Å²) in [7, 11) is 0. The fourth-order valence-electron chi connectivity index (χ4n) is 1.92. The number of nitrogens with one attached hydrogen (secondary N) is 1. The van der Waals surface area contributed by atoms with Gasteiger partial charge in [0.25, 0.3) is 5.69 Å². The lowest BCUT2D eigenvalue weighted by molar-refractivity contribution is -0.384. The van der Waals surface area contributed by atoms with Gasteiger partial charge in [-0.1, -0.05) is 28.1 Å². The zero-order chi connectivity index (χ0) is 15.2. The number of non-ortho nitro benzene ring substituents is 1. The number of nitro benzene ring substituents is 1. The average Bonchev–Trinajstić information content (AvgIpc) is 2.47. The van der Waals surface area contributed by atoms with E-state index in [4.69, 9.17) is 0 Å². The minimum absolute atomic E-state index is 0.0860. The summed E-state index contributed by atoms with van der Waals surface area (Å²) in [5, 5.41) is 13.7. The van der Waals surface area contributed by atoms with Gasteiger partial charge in [-0.3, -0.25) is 10.1 Å². The maximum atomic E-state index is 13.5. The van der Waals surface area contributed by atoms with E-state index < -0.39 is 4.92 Å². The SMILES string of the molecule is O=[N+]([O-])c1ccc(CCNCc2cc(Br)ccc2F)cc1. The normalized spacial score (nSPS) is 10.6. The summed E-state index contributed by atoms with van der Waals surface area (Å²) in [6.07, 6.45) is 0.730. The number of nitro groups is 1. The summed E-state index contributed by atoms with van der Waals surface area (Å²) in [6.45, 7) is 1.11. The van der Waals surface area contributed by atoms with Gasteiger partial charge in [-0.25, -0.2) is 4.39 Å². The van der Waals surface area contributed by atoms with Crippen molar-refractivity contribution in [1.82, 2.24) is 5.32 Å². The lowest BCUT2D eigenvalue weighted by Crippen LogP contribution is -2.17. The van der Waals surface area contributed by atoms with E-state index in [9.17, 15) is 14.5 Å². The molecule has 0 spiro atoms. The van der Waals surface area contributed by atoms with Crippen molar-refractivity contribution >= 4 is 21.6 Å². The number of hydrogen-bond acceptors (Lipinski definition) is 3. The smallest absolute Gasteiger partial charge is 0.269 e. The van der Waals surface area contributed by atoms with Crippen molar-refractivity contribution in [2.45, 2.75) is 13.0 Å². The fourth-order valence-corrected chi connectivity index (χ4v) is 2.33. The van der Waals surface area contributed by atoms with Crippen molar-refractivity contribution in [3.63, 3.8) is 0 Å². The molecule has 0 aromatic heterocycles. The zero-order valence-corrected chi connectivity index (χ0v) is 12.8. The van der Waals surface area contributed by atoms with Crippen LogP contribution in [0.1, 0.15) is 11.1 Å². The van der Waals surface area contributed by atoms with Crippen LogP contribution >= 0.6 is 15.9 Å². The molecule has 0 aliphatic carbocycles. The summed E-state index contributed by atoms with van der Waals surface area (Å²) in [6, 6.07) is 11.3. The second-order valence-electron chi connectivity index (χ2n) is 4.59. The molecule has 0 saturated carbocycles. The minimum Gasteiger partial charge on any atom is -0.312 e. The Morgan fingerprint density at radius 1 is 1.19 bits per heavy atom. The lowest BCUT2D eigenvalue weighted by Gasteiger charge is -2.07. The van der Waals surface area contributed by atoms with Gasteiger partial charge in [-0.15, -0.1) is 0 Å². The van der Waals surface area contributed by atoms with E-state index in [1.165, 1.54) is 18.2 Å². The lowest BCUT2D eigenvalue weighted by atomic mass is 10.1. The van der Waals surface area contributed by atoms with Gasteiger partial charge in [0.05, 0.1) is 4.92 Å². The molecule has 0 unspecified atom stereocenters. The molecule has 2 aromatic rings. The summed E-state index contributed by atoms with van der Waals surface area (Å²) >= 11 is 3.31. The number of nitrogens with zero attached hydrogens (tertiary/aromatic N) is 1. The molecular weight excluding hydrogens is 339 g/mol. The molecule has 0 radical (unpaired) electrons. The van der Waals surface area contributed by atoms with Crippen molar-refractivity contribution in [1.29, 1.82) is 0 Å². The molecule has 2 rings (SSSR count). The maximum absolute atomic E-state index is 13.5. The number of rotatable bonds is 6. The Morgan fingerprint density at radius 3 is 2.57 bits per heavy atom. The van der Waals surface area contributed by atoms with Gasteiger partial charge < -0.3 is 5.32 Å². The number of halogens is 2. The number of hydrogen-bond donors (Lipinski definition) is 1. The highest BCUT2D eigenvalue weighted by molar-refractivity contribution is 9.10. The molecule has 0 heterocycles. The molecule has 6 heteroatoms. The first kappa shape index (κ1) is 15.6. The third kappa shape index (κ3) is 4.61. The highest BCUT2D eigenvalue weighted by atomic mass is 79.9. The molecule has 1 N–H and O–H groups in total. The van der Waals surface area contributed by atoms with Crippen molar-refractivity contribution < 1.29 is 9.31 Å². The summed E-state index contributed by atoms with van der Waals surface area (Å²) in [5.41, 5.74) is 1.69. The molecule has 4 nitrogen and oxygen atoms in total. The van der Waals surface area contributed by atoms with E-state index >= 15 is 0 Å². The molecule has 2 aromatic carbocycles. The van der Waals surface area contributed by atoms with E-state index in [-0.39, 0.29) is 11.5 Å². The van der Waals surface area contributed by atoms with Crippen LogP contribution in [0.5, 0.6) is 0 Å². The first-order chi connectivity index (χ1) is 10.1. The van der Waals surface area contributed by atoms with E-state index in [1.54, 1.807) is 24.3 Å². The molecule has 0 aliphatic rings. The van der Waals surface area contributed by atoms with Crippen LogP contribution in [0.4, 0.5) is 10.1 Å². The first-order valence-electron chi connectivity index (χ1n) is 6.44. The Hall–Kier alpha value is -1.79. The summed E-state index contributed by atoms with van der Waals surface area (Å²) < 4.78 is 14.4. The second-order valence-corrected chi connectivity index (χ2v) is 5.50. The standard InChI is InChI=1S/C15H14BrFN2O2/c16-13-3-6-15(17)12(9-13)10-18-8-7-11-1-4-14(5-2-11)19(20)21/h1-6,9,18H,7-8,10H2. The predicted octanol–water partition coefficient (Wildman–Crippen LogP) is 3.83. The summed E-state index contributed by atoms with van der Waals surface area (Å²) in [5.74, 6) is -0.235. The zero-order valence-electron chi connectivity index (χ0n) is 11.2. The third-order valence-corrected chi connectivity index (χ3v) is 3.55. The molecule has 21 heavy (non-hydrogen) atoms. The van der Waals surface area contributed by atoms with E-state index in [0.717, 1.165) is 16.5 Å². The van der Waals surface area contributed by atoms with Crippen LogP contribution in [0.15, 0.2) is 46.9 Å². The molecule has 0 aliphatic heterocycles. The van der Waals surface area contributed by atoms with Crippen LogP contribution in [-0.4, -0.2) is 11.5 Å². The highest BCUT2D eigenvalue weighted by Gasteiger charge is 2.04. The Balaban J connectivity index is 1.81. The largest absolute Gasteiger partial charge is 0.312 e.